The van der Waals surface area contributed by atoms with Crippen LogP contribution in [0.1, 0.15) is 11.1 Å². The van der Waals surface area contributed by atoms with Crippen LogP contribution in [0.5, 0.6) is 17.2 Å². The van der Waals surface area contributed by atoms with Gasteiger partial charge in [0.25, 0.3) is 0 Å². The Labute approximate surface area is 134 Å². The number of ether oxygens (including phenoxy) is 3. The van der Waals surface area contributed by atoms with Gasteiger partial charge in [0, 0.05) is 29.7 Å². The van der Waals surface area contributed by atoms with Crippen molar-refractivity contribution in [1.82, 2.24) is 4.90 Å². The summed E-state index contributed by atoms with van der Waals surface area (Å²) in [6.45, 7) is 2.69. The smallest absolute Gasteiger partial charge is 0.231 e. The number of nitrogens with zero attached hydrogens (tertiary/aromatic N) is 1. The molecule has 0 spiro atoms. The van der Waals surface area contributed by atoms with Gasteiger partial charge in [-0.05, 0) is 30.2 Å². The first-order valence-corrected chi connectivity index (χ1v) is 7.68. The van der Waals surface area contributed by atoms with E-state index in [0.717, 1.165) is 47.3 Å². The summed E-state index contributed by atoms with van der Waals surface area (Å²) < 4.78 is 16.6. The van der Waals surface area contributed by atoms with Gasteiger partial charge in [-0.1, -0.05) is 23.7 Å². The Kier molecular flexibility index (Phi) is 3.56. The Morgan fingerprint density at radius 2 is 1.73 bits per heavy atom. The topological polar surface area (TPSA) is 30.9 Å². The molecule has 4 nitrogen and oxygen atoms in total. The van der Waals surface area contributed by atoms with Gasteiger partial charge in [0.15, 0.2) is 11.5 Å². The molecule has 0 bridgehead atoms. The average molecular weight is 318 g/mol. The van der Waals surface area contributed by atoms with Crippen molar-refractivity contribution < 1.29 is 14.2 Å². The highest BCUT2D eigenvalue weighted by molar-refractivity contribution is 6.30. The van der Waals surface area contributed by atoms with Crippen LogP contribution in [-0.2, 0) is 13.0 Å². The van der Waals surface area contributed by atoms with Gasteiger partial charge in [-0.2, -0.15) is 0 Å². The largest absolute Gasteiger partial charge is 0.478 e. The summed E-state index contributed by atoms with van der Waals surface area (Å²) in [5.74, 6) is 2.47. The second-order valence-corrected chi connectivity index (χ2v) is 5.95. The Bertz CT molecular complexity index is 687. The van der Waals surface area contributed by atoms with Crippen molar-refractivity contribution >= 4 is 11.6 Å². The molecule has 0 saturated carbocycles. The standard InChI is InChI=1S/C17H16ClNO3/c18-14-3-1-12(2-4-14)5-6-19-9-13-7-16-17(22-11-21-16)8-15(13)20-10-19/h1-4,7-8H,5-6,9-11H2. The van der Waals surface area contributed by atoms with E-state index in [1.165, 1.54) is 5.56 Å². The van der Waals surface area contributed by atoms with Crippen molar-refractivity contribution in [2.75, 3.05) is 20.1 Å². The summed E-state index contributed by atoms with van der Waals surface area (Å²) in [5, 5.41) is 0.773. The highest BCUT2D eigenvalue weighted by Crippen LogP contribution is 2.39. The van der Waals surface area contributed by atoms with E-state index in [1.807, 2.05) is 24.3 Å². The maximum absolute atomic E-state index is 5.91. The molecule has 114 valence electrons. The Morgan fingerprint density at radius 3 is 2.55 bits per heavy atom. The number of halogens is 1. The van der Waals surface area contributed by atoms with Crippen molar-refractivity contribution in [3.8, 4) is 17.2 Å². The van der Waals surface area contributed by atoms with E-state index in [4.69, 9.17) is 25.8 Å². The molecular weight excluding hydrogens is 302 g/mol. The lowest BCUT2D eigenvalue weighted by Gasteiger charge is -2.29. The number of hydrogen-bond acceptors (Lipinski definition) is 4. The average Bonchev–Trinajstić information content (AvgIpc) is 2.99. The lowest BCUT2D eigenvalue weighted by atomic mass is 10.1. The molecule has 2 heterocycles. The van der Waals surface area contributed by atoms with Crippen molar-refractivity contribution in [2.45, 2.75) is 13.0 Å². The minimum Gasteiger partial charge on any atom is -0.478 e. The fourth-order valence-corrected chi connectivity index (χ4v) is 2.88. The molecule has 0 amide bonds. The molecule has 2 aliphatic rings. The second-order valence-electron chi connectivity index (χ2n) is 5.52. The zero-order chi connectivity index (χ0) is 14.9. The molecule has 5 heteroatoms. The molecule has 2 aromatic rings. The zero-order valence-corrected chi connectivity index (χ0v) is 12.8. The molecule has 2 aliphatic heterocycles. The van der Waals surface area contributed by atoms with Crippen molar-refractivity contribution in [3.63, 3.8) is 0 Å². The molecule has 0 radical (unpaired) electrons. The lowest BCUT2D eigenvalue weighted by molar-refractivity contribution is 0.0963. The molecule has 2 aromatic carbocycles. The monoisotopic (exact) mass is 317 g/mol. The highest BCUT2D eigenvalue weighted by Gasteiger charge is 2.23. The summed E-state index contributed by atoms with van der Waals surface area (Å²) in [6.07, 6.45) is 0.973. The van der Waals surface area contributed by atoms with Crippen LogP contribution >= 0.6 is 11.6 Å². The van der Waals surface area contributed by atoms with Crippen LogP contribution in [0.3, 0.4) is 0 Å². The molecule has 22 heavy (non-hydrogen) atoms. The predicted molar refractivity (Wildman–Crippen MR) is 83.6 cm³/mol. The van der Waals surface area contributed by atoms with Crippen LogP contribution in [0.2, 0.25) is 5.02 Å². The third-order valence-electron chi connectivity index (χ3n) is 3.98. The van der Waals surface area contributed by atoms with Crippen LogP contribution in [0, 0.1) is 0 Å². The van der Waals surface area contributed by atoms with E-state index >= 15 is 0 Å². The van der Waals surface area contributed by atoms with E-state index in [1.54, 1.807) is 0 Å². The fourth-order valence-electron chi connectivity index (χ4n) is 2.75. The minimum atomic E-state index is 0.290. The third-order valence-corrected chi connectivity index (χ3v) is 4.23. The van der Waals surface area contributed by atoms with Crippen LogP contribution < -0.4 is 14.2 Å². The van der Waals surface area contributed by atoms with E-state index in [0.29, 0.717) is 13.5 Å². The van der Waals surface area contributed by atoms with Crippen LogP contribution in [0.4, 0.5) is 0 Å². The van der Waals surface area contributed by atoms with E-state index in [2.05, 4.69) is 17.0 Å². The van der Waals surface area contributed by atoms with Crippen LogP contribution in [0.15, 0.2) is 36.4 Å². The molecule has 0 N–H and O–H groups in total. The first-order chi connectivity index (χ1) is 10.8. The number of hydrogen-bond donors (Lipinski definition) is 0. The number of fused-ring (bicyclic) bond motifs is 2. The van der Waals surface area contributed by atoms with Gasteiger partial charge in [0.1, 0.15) is 12.5 Å². The molecule has 4 rings (SSSR count). The summed E-state index contributed by atoms with van der Waals surface area (Å²) in [7, 11) is 0. The number of benzene rings is 2. The molecule has 0 aliphatic carbocycles. The second kappa shape index (κ2) is 5.71. The summed E-state index contributed by atoms with van der Waals surface area (Å²) in [4.78, 5) is 2.28. The molecule has 0 atom stereocenters. The maximum atomic E-state index is 5.91. The Morgan fingerprint density at radius 1 is 0.955 bits per heavy atom. The SMILES string of the molecule is Clc1ccc(CCN2COc3cc4c(cc3C2)OCO4)cc1. The molecule has 0 saturated heterocycles. The van der Waals surface area contributed by atoms with E-state index in [9.17, 15) is 0 Å². The summed E-state index contributed by atoms with van der Waals surface area (Å²) in [6, 6.07) is 11.9. The normalized spacial score (nSPS) is 16.2. The Balaban J connectivity index is 1.42. The van der Waals surface area contributed by atoms with Gasteiger partial charge in [-0.25, -0.2) is 0 Å². The molecule has 0 aromatic heterocycles. The fraction of sp³-hybridized carbons (Fsp3) is 0.294. The predicted octanol–water partition coefficient (Wildman–Crippen LogP) is 3.46. The molecule has 0 unspecified atom stereocenters. The van der Waals surface area contributed by atoms with Crippen LogP contribution in [0.25, 0.3) is 0 Å². The third kappa shape index (κ3) is 2.72. The van der Waals surface area contributed by atoms with Crippen molar-refractivity contribution in [2.24, 2.45) is 0 Å². The van der Waals surface area contributed by atoms with Crippen LogP contribution in [-0.4, -0.2) is 25.0 Å². The number of rotatable bonds is 3. The van der Waals surface area contributed by atoms with E-state index < -0.39 is 0 Å². The van der Waals surface area contributed by atoms with Gasteiger partial charge < -0.3 is 14.2 Å². The first-order valence-electron chi connectivity index (χ1n) is 7.30. The molecular formula is C17H16ClNO3. The van der Waals surface area contributed by atoms with Gasteiger partial charge in [0.05, 0.1) is 0 Å². The lowest BCUT2D eigenvalue weighted by Crippen LogP contribution is -2.33. The minimum absolute atomic E-state index is 0.290. The first kappa shape index (κ1) is 13.7. The highest BCUT2D eigenvalue weighted by atomic mass is 35.5. The molecule has 0 fully saturated rings. The van der Waals surface area contributed by atoms with Gasteiger partial charge in [-0.15, -0.1) is 0 Å². The zero-order valence-electron chi connectivity index (χ0n) is 12.0. The summed E-state index contributed by atoms with van der Waals surface area (Å²) in [5.41, 5.74) is 2.42. The van der Waals surface area contributed by atoms with Crippen molar-refractivity contribution in [1.29, 1.82) is 0 Å². The van der Waals surface area contributed by atoms with E-state index in [-0.39, 0.29) is 0 Å². The van der Waals surface area contributed by atoms with Gasteiger partial charge in [-0.3, -0.25) is 4.90 Å². The summed E-state index contributed by atoms with van der Waals surface area (Å²) >= 11 is 5.91. The maximum Gasteiger partial charge on any atom is 0.231 e. The van der Waals surface area contributed by atoms with Gasteiger partial charge >= 0.3 is 0 Å². The van der Waals surface area contributed by atoms with Crippen molar-refractivity contribution in [3.05, 3.63) is 52.5 Å². The van der Waals surface area contributed by atoms with Gasteiger partial charge in [0.2, 0.25) is 6.79 Å². The quantitative estimate of drug-likeness (QED) is 0.867. The Hall–Kier alpha value is -1.91.